The summed E-state index contributed by atoms with van der Waals surface area (Å²) >= 11 is 8.41. The van der Waals surface area contributed by atoms with Crippen molar-refractivity contribution in [1.82, 2.24) is 5.01 Å². The summed E-state index contributed by atoms with van der Waals surface area (Å²) in [6.07, 6.45) is 1.33. The summed E-state index contributed by atoms with van der Waals surface area (Å²) in [7, 11) is 0. The molecule has 0 spiro atoms. The molecule has 1 atom stereocenters. The van der Waals surface area contributed by atoms with E-state index in [1.807, 2.05) is 41.8 Å². The second kappa shape index (κ2) is 9.24. The van der Waals surface area contributed by atoms with Gasteiger partial charge >= 0.3 is 0 Å². The number of thiophene rings is 1. The third-order valence-electron chi connectivity index (χ3n) is 4.65. The Labute approximate surface area is 194 Å². The topological polar surface area (TPSA) is 59.0 Å². The monoisotopic (exact) mass is 546 g/mol. The molecule has 4 rings (SSSR count). The van der Waals surface area contributed by atoms with Gasteiger partial charge in [0.2, 0.25) is 0 Å². The number of nitrogens with zero attached hydrogens (tertiary/aromatic N) is 2. The fourth-order valence-electron chi connectivity index (χ4n) is 3.23. The van der Waals surface area contributed by atoms with Crippen LogP contribution in [-0.2, 0) is 4.79 Å². The van der Waals surface area contributed by atoms with Crippen LogP contribution in [0.15, 0.2) is 74.0 Å². The van der Waals surface area contributed by atoms with E-state index in [9.17, 15) is 9.59 Å². The lowest BCUT2D eigenvalue weighted by Crippen LogP contribution is -2.31. The van der Waals surface area contributed by atoms with Crippen molar-refractivity contribution in [1.29, 1.82) is 0 Å². The van der Waals surface area contributed by atoms with Crippen molar-refractivity contribution in [3.8, 4) is 5.75 Å². The van der Waals surface area contributed by atoms with E-state index in [2.05, 4.69) is 37.0 Å². The molecule has 2 heterocycles. The maximum Gasteiger partial charge on any atom is 0.281 e. The Balaban J connectivity index is 1.57. The lowest BCUT2D eigenvalue weighted by Gasteiger charge is -2.21. The van der Waals surface area contributed by atoms with Gasteiger partial charge in [-0.05, 0) is 47.3 Å². The number of rotatable bonds is 6. The van der Waals surface area contributed by atoms with E-state index in [1.165, 1.54) is 5.01 Å². The molecule has 1 unspecified atom stereocenters. The van der Waals surface area contributed by atoms with Gasteiger partial charge in [0.05, 0.1) is 17.3 Å². The molecule has 0 aliphatic carbocycles. The second-order valence-corrected chi connectivity index (χ2v) is 9.43. The molecule has 1 amide bonds. The van der Waals surface area contributed by atoms with E-state index in [4.69, 9.17) is 4.74 Å². The molecule has 5 nitrogen and oxygen atoms in total. The number of hydrogen-bond acceptors (Lipinski definition) is 5. The summed E-state index contributed by atoms with van der Waals surface area (Å²) in [5.74, 6) is 0.0998. The second-order valence-electron chi connectivity index (χ2n) is 6.62. The molecule has 0 bridgehead atoms. The highest BCUT2D eigenvalue weighted by atomic mass is 79.9. The first-order valence-electron chi connectivity index (χ1n) is 9.11. The van der Waals surface area contributed by atoms with Crippen LogP contribution < -0.4 is 4.74 Å². The summed E-state index contributed by atoms with van der Waals surface area (Å²) in [6.45, 7) is -0.209. The number of aldehydes is 1. The SMILES string of the molecule is O=Cc1cc(Br)ccc1OCC(=O)N1N=C(c2cccc(Br)c2)CC1c1cccs1. The summed E-state index contributed by atoms with van der Waals surface area (Å²) in [5, 5.41) is 8.13. The molecule has 0 saturated carbocycles. The molecule has 3 aromatic rings. The number of hydrogen-bond donors (Lipinski definition) is 0. The van der Waals surface area contributed by atoms with Crippen molar-refractivity contribution in [2.45, 2.75) is 12.5 Å². The minimum absolute atomic E-state index is 0.175. The number of ether oxygens (including phenoxy) is 1. The zero-order chi connectivity index (χ0) is 21.1. The first kappa shape index (κ1) is 21.0. The number of carbonyl (C=O) groups excluding carboxylic acids is 2. The van der Waals surface area contributed by atoms with Crippen LogP contribution in [0.2, 0.25) is 0 Å². The van der Waals surface area contributed by atoms with Gasteiger partial charge in [-0.25, -0.2) is 5.01 Å². The molecule has 1 aromatic heterocycles. The third-order valence-corrected chi connectivity index (χ3v) is 6.61. The Morgan fingerprint density at radius 2 is 2.00 bits per heavy atom. The largest absolute Gasteiger partial charge is 0.483 e. The van der Waals surface area contributed by atoms with Crippen molar-refractivity contribution in [2.75, 3.05) is 6.61 Å². The van der Waals surface area contributed by atoms with Gasteiger partial charge in [-0.15, -0.1) is 11.3 Å². The summed E-state index contributed by atoms with van der Waals surface area (Å²) in [5.41, 5.74) is 2.20. The fraction of sp³-hybridized carbons (Fsp3) is 0.136. The Morgan fingerprint density at radius 1 is 1.17 bits per heavy atom. The normalized spacial score (nSPS) is 15.7. The van der Waals surface area contributed by atoms with E-state index in [0.29, 0.717) is 24.0 Å². The van der Waals surface area contributed by atoms with Crippen LogP contribution >= 0.6 is 43.2 Å². The van der Waals surface area contributed by atoms with Crippen molar-refractivity contribution in [3.05, 3.63) is 84.9 Å². The van der Waals surface area contributed by atoms with Crippen LogP contribution in [0.5, 0.6) is 5.75 Å². The van der Waals surface area contributed by atoms with Crippen LogP contribution in [0.1, 0.15) is 33.3 Å². The van der Waals surface area contributed by atoms with E-state index in [0.717, 1.165) is 25.1 Å². The molecular formula is C22H16Br2N2O3S. The van der Waals surface area contributed by atoms with Gasteiger partial charge in [0.15, 0.2) is 12.9 Å². The highest BCUT2D eigenvalue weighted by Crippen LogP contribution is 2.35. The fourth-order valence-corrected chi connectivity index (χ4v) is 4.82. The van der Waals surface area contributed by atoms with Crippen LogP contribution in [0.4, 0.5) is 0 Å². The standard InChI is InChI=1S/C22H16Br2N2O3S/c23-16-4-1-3-14(9-16)18-11-19(21-5-2-8-30-21)26(25-18)22(28)13-29-20-7-6-17(24)10-15(20)12-27/h1-10,12,19H,11,13H2. The highest BCUT2D eigenvalue weighted by Gasteiger charge is 2.34. The predicted molar refractivity (Wildman–Crippen MR) is 124 cm³/mol. The predicted octanol–water partition coefficient (Wildman–Crippen LogP) is 5.84. The number of amides is 1. The van der Waals surface area contributed by atoms with Crippen LogP contribution in [-0.4, -0.2) is 29.5 Å². The van der Waals surface area contributed by atoms with Gasteiger partial charge in [0.1, 0.15) is 5.75 Å². The van der Waals surface area contributed by atoms with E-state index < -0.39 is 0 Å². The minimum atomic E-state index is -0.266. The molecule has 0 N–H and O–H groups in total. The van der Waals surface area contributed by atoms with E-state index in [1.54, 1.807) is 29.5 Å². The first-order chi connectivity index (χ1) is 14.5. The number of hydrazone groups is 1. The third kappa shape index (κ3) is 4.55. The first-order valence-corrected chi connectivity index (χ1v) is 11.6. The van der Waals surface area contributed by atoms with Crippen LogP contribution in [0.25, 0.3) is 0 Å². The zero-order valence-corrected chi connectivity index (χ0v) is 19.6. The molecule has 1 aliphatic rings. The molecule has 1 aliphatic heterocycles. The zero-order valence-electron chi connectivity index (χ0n) is 15.6. The Kier molecular flexibility index (Phi) is 6.46. The summed E-state index contributed by atoms with van der Waals surface area (Å²) in [4.78, 5) is 25.4. The average Bonchev–Trinajstić information content (AvgIpc) is 3.42. The quantitative estimate of drug-likeness (QED) is 0.364. The van der Waals surface area contributed by atoms with Gasteiger partial charge in [0, 0.05) is 20.2 Å². The van der Waals surface area contributed by atoms with Crippen molar-refractivity contribution in [2.24, 2.45) is 5.10 Å². The molecule has 152 valence electrons. The smallest absolute Gasteiger partial charge is 0.281 e. The number of benzene rings is 2. The molecule has 0 saturated heterocycles. The van der Waals surface area contributed by atoms with E-state index in [-0.39, 0.29) is 18.6 Å². The van der Waals surface area contributed by atoms with E-state index >= 15 is 0 Å². The van der Waals surface area contributed by atoms with Crippen molar-refractivity contribution >= 4 is 61.1 Å². The van der Waals surface area contributed by atoms with Crippen LogP contribution in [0, 0.1) is 0 Å². The Hall–Kier alpha value is -2.29. The maximum atomic E-state index is 13.0. The number of carbonyl (C=O) groups is 2. The lowest BCUT2D eigenvalue weighted by molar-refractivity contribution is -0.135. The van der Waals surface area contributed by atoms with Crippen molar-refractivity contribution < 1.29 is 14.3 Å². The molecule has 0 fully saturated rings. The van der Waals surface area contributed by atoms with Gasteiger partial charge in [-0.3, -0.25) is 9.59 Å². The van der Waals surface area contributed by atoms with Crippen molar-refractivity contribution in [3.63, 3.8) is 0 Å². The van der Waals surface area contributed by atoms with Gasteiger partial charge in [-0.2, -0.15) is 5.10 Å². The minimum Gasteiger partial charge on any atom is -0.483 e. The van der Waals surface area contributed by atoms with Gasteiger partial charge < -0.3 is 4.74 Å². The summed E-state index contributed by atoms with van der Waals surface area (Å²) in [6, 6.07) is 16.8. The lowest BCUT2D eigenvalue weighted by atomic mass is 10.0. The Bertz CT molecular complexity index is 1120. The maximum absolute atomic E-state index is 13.0. The molecule has 0 radical (unpaired) electrons. The Morgan fingerprint density at radius 3 is 2.73 bits per heavy atom. The van der Waals surface area contributed by atoms with Gasteiger partial charge in [-0.1, -0.05) is 50.1 Å². The molecule has 2 aromatic carbocycles. The molecule has 8 heteroatoms. The average molecular weight is 548 g/mol. The highest BCUT2D eigenvalue weighted by molar-refractivity contribution is 9.10. The molecule has 30 heavy (non-hydrogen) atoms. The number of halogens is 2. The summed E-state index contributed by atoms with van der Waals surface area (Å²) < 4.78 is 7.39. The molecular weight excluding hydrogens is 532 g/mol. The van der Waals surface area contributed by atoms with Gasteiger partial charge in [0.25, 0.3) is 5.91 Å². The van der Waals surface area contributed by atoms with Crippen LogP contribution in [0.3, 0.4) is 0 Å².